The highest BCUT2D eigenvalue weighted by Gasteiger charge is 2.12. The second kappa shape index (κ2) is 5.98. The molecule has 0 aliphatic rings. The first kappa shape index (κ1) is 14.4. The van der Waals surface area contributed by atoms with E-state index < -0.39 is 0 Å². The van der Waals surface area contributed by atoms with Crippen molar-refractivity contribution in [2.24, 2.45) is 0 Å². The largest absolute Gasteiger partial charge is 0.254 e. The summed E-state index contributed by atoms with van der Waals surface area (Å²) in [4.78, 5) is 4.24. The summed E-state index contributed by atoms with van der Waals surface area (Å²) in [5.41, 5.74) is 2.03. The standard InChI is InChI=1S/C13H6Cl4N2/c14-9-3-7(1-2-18)13(19-6-9)8-4-10(15)12(17)11(16)5-8/h3-6H,1H2. The summed E-state index contributed by atoms with van der Waals surface area (Å²) in [5.74, 6) is 0. The van der Waals surface area contributed by atoms with Crippen molar-refractivity contribution in [2.75, 3.05) is 0 Å². The first-order valence-electron chi connectivity index (χ1n) is 5.19. The highest BCUT2D eigenvalue weighted by Crippen LogP contribution is 2.35. The number of nitrogens with zero attached hydrogens (tertiary/aromatic N) is 2. The number of nitriles is 1. The molecule has 19 heavy (non-hydrogen) atoms. The smallest absolute Gasteiger partial charge is 0.0778 e. The molecule has 6 heteroatoms. The van der Waals surface area contributed by atoms with E-state index in [-0.39, 0.29) is 6.42 Å². The molecule has 0 bridgehead atoms. The van der Waals surface area contributed by atoms with Gasteiger partial charge in [0.15, 0.2) is 0 Å². The molecule has 0 spiro atoms. The van der Waals surface area contributed by atoms with Crippen molar-refractivity contribution < 1.29 is 0 Å². The van der Waals surface area contributed by atoms with Crippen molar-refractivity contribution in [3.8, 4) is 17.3 Å². The Morgan fingerprint density at radius 1 is 1.05 bits per heavy atom. The molecule has 0 fully saturated rings. The van der Waals surface area contributed by atoms with Crippen molar-refractivity contribution in [2.45, 2.75) is 6.42 Å². The van der Waals surface area contributed by atoms with Gasteiger partial charge in [0, 0.05) is 11.8 Å². The van der Waals surface area contributed by atoms with Gasteiger partial charge >= 0.3 is 0 Å². The van der Waals surface area contributed by atoms with Gasteiger partial charge < -0.3 is 0 Å². The van der Waals surface area contributed by atoms with Crippen molar-refractivity contribution in [3.63, 3.8) is 0 Å². The molecule has 2 nitrogen and oxygen atoms in total. The molecule has 0 saturated carbocycles. The topological polar surface area (TPSA) is 36.7 Å². The van der Waals surface area contributed by atoms with Gasteiger partial charge in [-0.05, 0) is 23.8 Å². The van der Waals surface area contributed by atoms with Crippen LogP contribution in [0, 0.1) is 11.3 Å². The van der Waals surface area contributed by atoms with Crippen LogP contribution in [0.4, 0.5) is 0 Å². The van der Waals surface area contributed by atoms with E-state index in [2.05, 4.69) is 11.1 Å². The Bertz CT molecular complexity index is 654. The molecular weight excluding hydrogens is 326 g/mol. The average molecular weight is 332 g/mol. The van der Waals surface area contributed by atoms with Crippen LogP contribution in [-0.4, -0.2) is 4.98 Å². The zero-order chi connectivity index (χ0) is 14.0. The van der Waals surface area contributed by atoms with Gasteiger partial charge in [-0.15, -0.1) is 0 Å². The number of pyridine rings is 1. The van der Waals surface area contributed by atoms with E-state index in [1.807, 2.05) is 0 Å². The van der Waals surface area contributed by atoms with Gasteiger partial charge in [0.25, 0.3) is 0 Å². The van der Waals surface area contributed by atoms with Crippen molar-refractivity contribution in [3.05, 3.63) is 50.0 Å². The minimum atomic E-state index is 0.195. The SMILES string of the molecule is N#CCc1cc(Cl)cnc1-c1cc(Cl)c(Cl)c(Cl)c1. The van der Waals surface area contributed by atoms with Gasteiger partial charge in [0.05, 0.1) is 38.3 Å². The number of halogens is 4. The lowest BCUT2D eigenvalue weighted by molar-refractivity contribution is 1.20. The van der Waals surface area contributed by atoms with Gasteiger partial charge in [-0.1, -0.05) is 46.4 Å². The zero-order valence-corrected chi connectivity index (χ0v) is 12.4. The zero-order valence-electron chi connectivity index (χ0n) is 9.42. The molecule has 0 saturated heterocycles. The molecule has 1 aromatic carbocycles. The minimum Gasteiger partial charge on any atom is -0.254 e. The molecular formula is C13H6Cl4N2. The maximum atomic E-state index is 8.84. The van der Waals surface area contributed by atoms with Crippen molar-refractivity contribution >= 4 is 46.4 Å². The predicted molar refractivity (Wildman–Crippen MR) is 79.0 cm³/mol. The van der Waals surface area contributed by atoms with E-state index in [1.165, 1.54) is 6.20 Å². The predicted octanol–water partition coefficient (Wildman–Crippen LogP) is 5.43. The highest BCUT2D eigenvalue weighted by atomic mass is 35.5. The van der Waals surface area contributed by atoms with Gasteiger partial charge in [-0.2, -0.15) is 5.26 Å². The fourth-order valence-electron chi connectivity index (χ4n) is 1.65. The molecule has 96 valence electrons. The quantitative estimate of drug-likeness (QED) is 0.688. The lowest BCUT2D eigenvalue weighted by Crippen LogP contribution is -1.93. The first-order chi connectivity index (χ1) is 9.02. The summed E-state index contributed by atoms with van der Waals surface area (Å²) in [6, 6.07) is 7.09. The van der Waals surface area contributed by atoms with Crippen LogP contribution in [-0.2, 0) is 6.42 Å². The molecule has 2 aromatic rings. The monoisotopic (exact) mass is 330 g/mol. The third-order valence-electron chi connectivity index (χ3n) is 2.46. The molecule has 0 N–H and O–H groups in total. The molecule has 0 unspecified atom stereocenters. The van der Waals surface area contributed by atoms with Crippen molar-refractivity contribution in [1.82, 2.24) is 4.98 Å². The lowest BCUT2D eigenvalue weighted by atomic mass is 10.0. The summed E-state index contributed by atoms with van der Waals surface area (Å²) in [5, 5.41) is 10.3. The van der Waals surface area contributed by atoms with Crippen molar-refractivity contribution in [1.29, 1.82) is 5.26 Å². The first-order valence-corrected chi connectivity index (χ1v) is 6.70. The van der Waals surface area contributed by atoms with E-state index in [0.717, 1.165) is 0 Å². The minimum absolute atomic E-state index is 0.195. The molecule has 1 aromatic heterocycles. The Morgan fingerprint density at radius 2 is 1.68 bits per heavy atom. The molecule has 2 rings (SSSR count). The van der Waals surface area contributed by atoms with Crippen LogP contribution in [0.1, 0.15) is 5.56 Å². The Hall–Kier alpha value is -0.980. The van der Waals surface area contributed by atoms with E-state index in [4.69, 9.17) is 51.7 Å². The van der Waals surface area contributed by atoms with Crippen LogP contribution in [0.25, 0.3) is 11.3 Å². The Balaban J connectivity index is 2.62. The van der Waals surface area contributed by atoms with Gasteiger partial charge in [0.2, 0.25) is 0 Å². The third-order valence-corrected chi connectivity index (χ3v) is 3.86. The normalized spacial score (nSPS) is 10.3. The van der Waals surface area contributed by atoms with E-state index >= 15 is 0 Å². The summed E-state index contributed by atoms with van der Waals surface area (Å²) in [7, 11) is 0. The van der Waals surface area contributed by atoms with E-state index in [0.29, 0.717) is 36.9 Å². The van der Waals surface area contributed by atoms with Gasteiger partial charge in [-0.25, -0.2) is 0 Å². The molecule has 1 heterocycles. The third kappa shape index (κ3) is 3.13. The number of rotatable bonds is 2. The summed E-state index contributed by atoms with van der Waals surface area (Å²) >= 11 is 23.8. The van der Waals surface area contributed by atoms with Crippen LogP contribution >= 0.6 is 46.4 Å². The maximum Gasteiger partial charge on any atom is 0.0778 e. The lowest BCUT2D eigenvalue weighted by Gasteiger charge is -2.09. The molecule has 0 aliphatic carbocycles. The second-order valence-corrected chi connectivity index (χ2v) is 5.38. The fraction of sp³-hybridized carbons (Fsp3) is 0.0769. The number of aromatic nitrogens is 1. The van der Waals surface area contributed by atoms with Crippen LogP contribution in [0.5, 0.6) is 0 Å². The van der Waals surface area contributed by atoms with Crippen LogP contribution in [0.15, 0.2) is 24.4 Å². The molecule has 0 aliphatic heterocycles. The molecule has 0 atom stereocenters. The Kier molecular flexibility index (Phi) is 4.54. The van der Waals surface area contributed by atoms with Gasteiger partial charge in [-0.3, -0.25) is 4.98 Å². The van der Waals surface area contributed by atoms with Crippen LogP contribution in [0.3, 0.4) is 0 Å². The summed E-state index contributed by atoms with van der Waals surface area (Å²) in [6.45, 7) is 0. The van der Waals surface area contributed by atoms with Crippen LogP contribution in [0.2, 0.25) is 20.1 Å². The Labute approximate surface area is 130 Å². The fourth-order valence-corrected chi connectivity index (χ4v) is 2.43. The van der Waals surface area contributed by atoms with Crippen LogP contribution < -0.4 is 0 Å². The van der Waals surface area contributed by atoms with Gasteiger partial charge in [0.1, 0.15) is 0 Å². The number of hydrogen-bond acceptors (Lipinski definition) is 2. The number of benzene rings is 1. The summed E-state index contributed by atoms with van der Waals surface area (Å²) in [6.07, 6.45) is 1.70. The number of hydrogen-bond donors (Lipinski definition) is 0. The van der Waals surface area contributed by atoms with E-state index in [9.17, 15) is 0 Å². The van der Waals surface area contributed by atoms with E-state index in [1.54, 1.807) is 18.2 Å². The second-order valence-electron chi connectivity index (χ2n) is 3.75. The highest BCUT2D eigenvalue weighted by molar-refractivity contribution is 6.48. The Morgan fingerprint density at radius 3 is 2.26 bits per heavy atom. The molecule has 0 amide bonds. The maximum absolute atomic E-state index is 8.84. The summed E-state index contributed by atoms with van der Waals surface area (Å²) < 4.78 is 0. The molecule has 0 radical (unpaired) electrons. The average Bonchev–Trinajstić information content (AvgIpc) is 2.36.